The van der Waals surface area contributed by atoms with Gasteiger partial charge in [0.2, 0.25) is 5.91 Å². The molecule has 1 N–H and O–H groups in total. The lowest BCUT2D eigenvalue weighted by Gasteiger charge is -2.25. The Kier molecular flexibility index (Phi) is 7.60. The number of para-hydroxylation sites is 2. The van der Waals surface area contributed by atoms with E-state index in [0.29, 0.717) is 17.1 Å². The molecular formula is C25H28N2O5S. The van der Waals surface area contributed by atoms with Crippen molar-refractivity contribution in [1.82, 2.24) is 0 Å². The number of anilines is 2. The summed E-state index contributed by atoms with van der Waals surface area (Å²) in [5.74, 6) is 0.183. The van der Waals surface area contributed by atoms with Crippen molar-refractivity contribution >= 4 is 27.3 Å². The molecule has 0 unspecified atom stereocenters. The van der Waals surface area contributed by atoms with Crippen LogP contribution in [-0.2, 0) is 21.2 Å². The highest BCUT2D eigenvalue weighted by Crippen LogP contribution is 2.31. The third kappa shape index (κ3) is 5.46. The Balaban J connectivity index is 2.03. The van der Waals surface area contributed by atoms with Crippen LogP contribution in [0, 0.1) is 6.92 Å². The fourth-order valence-corrected chi connectivity index (χ4v) is 5.05. The van der Waals surface area contributed by atoms with Crippen molar-refractivity contribution in [3.63, 3.8) is 0 Å². The van der Waals surface area contributed by atoms with Gasteiger partial charge in [-0.2, -0.15) is 0 Å². The van der Waals surface area contributed by atoms with Crippen LogP contribution < -0.4 is 19.1 Å². The zero-order valence-electron chi connectivity index (χ0n) is 19.2. The summed E-state index contributed by atoms with van der Waals surface area (Å²) in [4.78, 5) is 13.0. The molecule has 7 nitrogen and oxygen atoms in total. The second-order valence-corrected chi connectivity index (χ2v) is 9.27. The van der Waals surface area contributed by atoms with Crippen molar-refractivity contribution in [3.05, 3.63) is 77.9 Å². The summed E-state index contributed by atoms with van der Waals surface area (Å²) < 4.78 is 39.2. The molecule has 3 aromatic carbocycles. The normalized spacial score (nSPS) is 11.0. The maximum Gasteiger partial charge on any atom is 0.268 e. The monoisotopic (exact) mass is 468 g/mol. The zero-order valence-corrected chi connectivity index (χ0v) is 20.0. The molecule has 0 radical (unpaired) electrons. The molecule has 3 aromatic rings. The number of carbonyl (C=O) groups excluding carboxylic acids is 1. The zero-order chi connectivity index (χ0) is 24.0. The highest BCUT2D eigenvalue weighted by atomic mass is 32.2. The number of aryl methyl sites for hydroxylation is 2. The number of ether oxygens (including phenoxy) is 2. The van der Waals surface area contributed by atoms with Crippen LogP contribution in [0.1, 0.15) is 18.1 Å². The van der Waals surface area contributed by atoms with Gasteiger partial charge in [0.15, 0.2) is 0 Å². The van der Waals surface area contributed by atoms with E-state index in [2.05, 4.69) is 5.32 Å². The quantitative estimate of drug-likeness (QED) is 0.503. The van der Waals surface area contributed by atoms with E-state index in [1.54, 1.807) is 61.5 Å². The number of nitrogens with one attached hydrogen (secondary N) is 1. The van der Waals surface area contributed by atoms with Crippen LogP contribution in [0.25, 0.3) is 0 Å². The second-order valence-electron chi connectivity index (χ2n) is 7.43. The first-order valence-electron chi connectivity index (χ1n) is 10.5. The molecule has 0 saturated carbocycles. The first kappa shape index (κ1) is 24.1. The number of amides is 1. The van der Waals surface area contributed by atoms with Crippen LogP contribution >= 0.6 is 0 Å². The van der Waals surface area contributed by atoms with Gasteiger partial charge < -0.3 is 14.8 Å². The number of rotatable bonds is 9. The standard InChI is InChI=1S/C25H28N2O5S/c1-5-19-11-13-20(14-12-19)27(17-25(28)26-21-8-6-7-9-22(21)31-3)33(29,30)24-16-18(2)10-15-23(24)32-4/h6-16H,5,17H2,1-4H3,(H,26,28). The van der Waals surface area contributed by atoms with Crippen molar-refractivity contribution in [2.45, 2.75) is 25.2 Å². The van der Waals surface area contributed by atoms with Gasteiger partial charge in [-0.1, -0.05) is 37.3 Å². The van der Waals surface area contributed by atoms with Crippen molar-refractivity contribution in [3.8, 4) is 11.5 Å². The molecule has 0 aliphatic rings. The molecule has 0 saturated heterocycles. The third-order valence-electron chi connectivity index (χ3n) is 5.19. The Bertz CT molecular complexity index is 1220. The first-order valence-corrected chi connectivity index (χ1v) is 11.9. The highest BCUT2D eigenvalue weighted by Gasteiger charge is 2.30. The Morgan fingerprint density at radius 1 is 0.939 bits per heavy atom. The number of methoxy groups -OCH3 is 2. The lowest BCUT2D eigenvalue weighted by Crippen LogP contribution is -2.38. The van der Waals surface area contributed by atoms with E-state index in [1.807, 2.05) is 19.1 Å². The van der Waals surface area contributed by atoms with Crippen molar-refractivity contribution in [2.24, 2.45) is 0 Å². The number of hydrogen-bond acceptors (Lipinski definition) is 5. The molecule has 0 atom stereocenters. The molecule has 8 heteroatoms. The van der Waals surface area contributed by atoms with E-state index in [-0.39, 0.29) is 10.6 Å². The summed E-state index contributed by atoms with van der Waals surface area (Å²) in [5.41, 5.74) is 2.65. The average molecular weight is 469 g/mol. The lowest BCUT2D eigenvalue weighted by molar-refractivity contribution is -0.114. The van der Waals surface area contributed by atoms with Crippen LogP contribution in [-0.4, -0.2) is 35.1 Å². The lowest BCUT2D eigenvalue weighted by atomic mass is 10.1. The van der Waals surface area contributed by atoms with Gasteiger partial charge >= 0.3 is 0 Å². The summed E-state index contributed by atoms with van der Waals surface area (Å²) in [6.07, 6.45) is 0.813. The molecule has 0 aliphatic heterocycles. The minimum atomic E-state index is -4.13. The topological polar surface area (TPSA) is 84.9 Å². The molecule has 3 rings (SSSR count). The number of hydrogen-bond donors (Lipinski definition) is 1. The predicted molar refractivity (Wildman–Crippen MR) is 130 cm³/mol. The molecule has 0 heterocycles. The van der Waals surface area contributed by atoms with E-state index < -0.39 is 22.5 Å². The largest absolute Gasteiger partial charge is 0.495 e. The third-order valence-corrected chi connectivity index (χ3v) is 6.98. The summed E-state index contributed by atoms with van der Waals surface area (Å²) >= 11 is 0. The van der Waals surface area contributed by atoms with Crippen LogP contribution in [0.4, 0.5) is 11.4 Å². The molecule has 0 spiro atoms. The number of benzene rings is 3. The Labute approximate surface area is 195 Å². The molecule has 174 valence electrons. The van der Waals surface area contributed by atoms with Gasteiger partial charge in [-0.25, -0.2) is 8.42 Å². The first-order chi connectivity index (χ1) is 15.8. The van der Waals surface area contributed by atoms with Crippen LogP contribution in [0.5, 0.6) is 11.5 Å². The molecule has 1 amide bonds. The van der Waals surface area contributed by atoms with E-state index in [9.17, 15) is 13.2 Å². The number of nitrogens with zero attached hydrogens (tertiary/aromatic N) is 1. The van der Waals surface area contributed by atoms with Gasteiger partial charge in [-0.05, 0) is 60.9 Å². The van der Waals surface area contributed by atoms with Crippen LogP contribution in [0.2, 0.25) is 0 Å². The molecular weight excluding hydrogens is 440 g/mol. The minimum absolute atomic E-state index is 0.00494. The molecule has 0 fully saturated rings. The van der Waals surface area contributed by atoms with Gasteiger partial charge in [-0.15, -0.1) is 0 Å². The van der Waals surface area contributed by atoms with Gasteiger partial charge in [0.05, 0.1) is 25.6 Å². The van der Waals surface area contributed by atoms with Crippen LogP contribution in [0.15, 0.2) is 71.6 Å². The maximum absolute atomic E-state index is 13.8. The van der Waals surface area contributed by atoms with Crippen molar-refractivity contribution in [2.75, 3.05) is 30.4 Å². The maximum atomic E-state index is 13.8. The van der Waals surface area contributed by atoms with E-state index in [1.165, 1.54) is 14.2 Å². The van der Waals surface area contributed by atoms with Crippen molar-refractivity contribution < 1.29 is 22.7 Å². The summed E-state index contributed by atoms with van der Waals surface area (Å²) in [5, 5.41) is 2.75. The van der Waals surface area contributed by atoms with Crippen LogP contribution in [0.3, 0.4) is 0 Å². The molecule has 0 bridgehead atoms. The van der Waals surface area contributed by atoms with Crippen molar-refractivity contribution in [1.29, 1.82) is 0 Å². The predicted octanol–water partition coefficient (Wildman–Crippen LogP) is 4.41. The minimum Gasteiger partial charge on any atom is -0.495 e. The van der Waals surface area contributed by atoms with E-state index in [4.69, 9.17) is 9.47 Å². The van der Waals surface area contributed by atoms with Gasteiger partial charge in [-0.3, -0.25) is 9.10 Å². The smallest absolute Gasteiger partial charge is 0.268 e. The Hall–Kier alpha value is -3.52. The van der Waals surface area contributed by atoms with Gasteiger partial charge in [0.1, 0.15) is 22.9 Å². The number of carbonyl (C=O) groups is 1. The molecule has 0 aliphatic carbocycles. The SMILES string of the molecule is CCc1ccc(N(CC(=O)Nc2ccccc2OC)S(=O)(=O)c2cc(C)ccc2OC)cc1. The fourth-order valence-electron chi connectivity index (χ4n) is 3.39. The van der Waals surface area contributed by atoms with Gasteiger partial charge in [0, 0.05) is 0 Å². The van der Waals surface area contributed by atoms with E-state index >= 15 is 0 Å². The highest BCUT2D eigenvalue weighted by molar-refractivity contribution is 7.93. The van der Waals surface area contributed by atoms with E-state index in [0.717, 1.165) is 21.9 Å². The second kappa shape index (κ2) is 10.4. The summed E-state index contributed by atoms with van der Waals surface area (Å²) in [6, 6.07) is 19.0. The summed E-state index contributed by atoms with van der Waals surface area (Å²) in [6.45, 7) is 3.39. The average Bonchev–Trinajstić information content (AvgIpc) is 2.83. The van der Waals surface area contributed by atoms with Gasteiger partial charge in [0.25, 0.3) is 10.0 Å². The fraction of sp³-hybridized carbons (Fsp3) is 0.240. The number of sulfonamides is 1. The molecule has 0 aromatic heterocycles. The molecule has 33 heavy (non-hydrogen) atoms. The summed E-state index contributed by atoms with van der Waals surface area (Å²) in [7, 11) is -1.21. The Morgan fingerprint density at radius 3 is 2.24 bits per heavy atom. The Morgan fingerprint density at radius 2 is 1.61 bits per heavy atom.